The molecule has 1 aromatic rings. The Balaban J connectivity index is 1.63. The second-order valence-electron chi connectivity index (χ2n) is 5.38. The normalized spacial score (nSPS) is 15.2. The van der Waals surface area contributed by atoms with Gasteiger partial charge in [0.15, 0.2) is 12.4 Å². The van der Waals surface area contributed by atoms with Crippen molar-refractivity contribution in [3.8, 4) is 0 Å². The number of rotatable bonds is 8. The molecule has 0 spiro atoms. The molecule has 1 heterocycles. The fourth-order valence-electron chi connectivity index (χ4n) is 2.03. The Morgan fingerprint density at radius 3 is 2.68 bits per heavy atom. The second kappa shape index (κ2) is 7.74. The lowest BCUT2D eigenvalue weighted by atomic mass is 10.2. The number of esters is 1. The zero-order valence-corrected chi connectivity index (χ0v) is 13.8. The Morgan fingerprint density at radius 1 is 1.36 bits per heavy atom. The molecule has 0 saturated heterocycles. The number of thiophene rings is 1. The number of carbonyl (C=O) groups excluding carboxylic acids is 3. The minimum absolute atomic E-state index is 0.0419. The van der Waals surface area contributed by atoms with E-state index < -0.39 is 5.97 Å². The maximum atomic E-state index is 11.8. The highest BCUT2D eigenvalue weighted by molar-refractivity contribution is 7.18. The lowest BCUT2D eigenvalue weighted by Gasteiger charge is -2.12. The summed E-state index contributed by atoms with van der Waals surface area (Å²) in [6.07, 6.45) is 2.28. The van der Waals surface area contributed by atoms with Gasteiger partial charge in [0.2, 0.25) is 0 Å². The van der Waals surface area contributed by atoms with Crippen molar-refractivity contribution >= 4 is 40.6 Å². The fourth-order valence-corrected chi connectivity index (χ4v) is 3.04. The molecule has 1 atom stereocenters. The van der Waals surface area contributed by atoms with Gasteiger partial charge in [0.05, 0.1) is 15.6 Å². The molecule has 1 N–H and O–H groups in total. The molecule has 1 amide bonds. The van der Waals surface area contributed by atoms with Crippen molar-refractivity contribution < 1.29 is 19.1 Å². The number of carbonyl (C=O) groups is 3. The van der Waals surface area contributed by atoms with Crippen molar-refractivity contribution in [3.05, 3.63) is 21.3 Å². The summed E-state index contributed by atoms with van der Waals surface area (Å²) < 4.78 is 5.41. The molecule has 120 valence electrons. The van der Waals surface area contributed by atoms with Crippen LogP contribution in [-0.4, -0.2) is 30.3 Å². The molecule has 1 fully saturated rings. The number of nitrogens with one attached hydrogen (secondary N) is 1. The third-order valence-corrected chi connectivity index (χ3v) is 4.76. The van der Waals surface area contributed by atoms with Gasteiger partial charge in [0.1, 0.15) is 0 Å². The van der Waals surface area contributed by atoms with Crippen LogP contribution in [0, 0.1) is 5.92 Å². The van der Waals surface area contributed by atoms with E-state index in [1.165, 1.54) is 11.3 Å². The van der Waals surface area contributed by atoms with E-state index in [1.54, 1.807) is 12.1 Å². The molecule has 0 aromatic carbocycles. The van der Waals surface area contributed by atoms with Gasteiger partial charge in [-0.3, -0.25) is 14.4 Å². The van der Waals surface area contributed by atoms with Crippen LogP contribution in [0.5, 0.6) is 0 Å². The van der Waals surface area contributed by atoms with Gasteiger partial charge in [-0.15, -0.1) is 11.3 Å². The smallest absolute Gasteiger partial charge is 0.306 e. The van der Waals surface area contributed by atoms with E-state index >= 15 is 0 Å². The van der Waals surface area contributed by atoms with Crippen molar-refractivity contribution in [3.63, 3.8) is 0 Å². The quantitative estimate of drug-likeness (QED) is 0.582. The summed E-state index contributed by atoms with van der Waals surface area (Å²) in [6, 6.07) is 3.40. The van der Waals surface area contributed by atoms with Crippen LogP contribution in [0.1, 0.15) is 42.3 Å². The Labute approximate surface area is 138 Å². The predicted octanol–water partition coefficient (Wildman–Crippen LogP) is 2.82. The van der Waals surface area contributed by atoms with Gasteiger partial charge in [0, 0.05) is 12.5 Å². The Bertz CT molecular complexity index is 568. The summed E-state index contributed by atoms with van der Waals surface area (Å²) in [7, 11) is 0. The van der Waals surface area contributed by atoms with Crippen LogP contribution in [0.2, 0.25) is 4.34 Å². The van der Waals surface area contributed by atoms with Gasteiger partial charge >= 0.3 is 5.97 Å². The molecular weight excluding hydrogens is 326 g/mol. The molecule has 1 aromatic heterocycles. The molecule has 2 rings (SSSR count). The zero-order chi connectivity index (χ0) is 16.1. The molecule has 22 heavy (non-hydrogen) atoms. The molecule has 1 aliphatic rings. The molecule has 1 saturated carbocycles. The third-order valence-electron chi connectivity index (χ3n) is 3.49. The van der Waals surface area contributed by atoms with E-state index in [1.807, 2.05) is 6.92 Å². The summed E-state index contributed by atoms with van der Waals surface area (Å²) in [6.45, 7) is 1.65. The van der Waals surface area contributed by atoms with Crippen molar-refractivity contribution in [1.82, 2.24) is 5.32 Å². The molecular formula is C15H18ClNO4S. The maximum Gasteiger partial charge on any atom is 0.306 e. The molecule has 0 unspecified atom stereocenters. The topological polar surface area (TPSA) is 72.5 Å². The SMILES string of the molecule is C[C@@H](NC(=O)COC(=O)CCC(=O)c1ccc(Cl)s1)C1CC1. The summed E-state index contributed by atoms with van der Waals surface area (Å²) >= 11 is 6.93. The first-order valence-corrected chi connectivity index (χ1v) is 8.38. The van der Waals surface area contributed by atoms with E-state index in [0.29, 0.717) is 15.1 Å². The highest BCUT2D eigenvalue weighted by Gasteiger charge is 2.28. The summed E-state index contributed by atoms with van der Waals surface area (Å²) in [5, 5.41) is 2.79. The van der Waals surface area contributed by atoms with Crippen LogP contribution in [-0.2, 0) is 14.3 Å². The van der Waals surface area contributed by atoms with Gasteiger partial charge in [-0.05, 0) is 37.8 Å². The van der Waals surface area contributed by atoms with Crippen molar-refractivity contribution in [2.45, 2.75) is 38.6 Å². The summed E-state index contributed by atoms with van der Waals surface area (Å²) in [5.41, 5.74) is 0. The maximum absolute atomic E-state index is 11.8. The van der Waals surface area contributed by atoms with Crippen LogP contribution < -0.4 is 5.32 Å². The minimum atomic E-state index is -0.551. The van der Waals surface area contributed by atoms with Gasteiger partial charge in [-0.25, -0.2) is 0 Å². The summed E-state index contributed by atoms with van der Waals surface area (Å²) in [5.74, 6) is -0.454. The molecule has 1 aliphatic carbocycles. The average Bonchev–Trinajstić information content (AvgIpc) is 3.24. The van der Waals surface area contributed by atoms with Crippen LogP contribution >= 0.6 is 22.9 Å². The van der Waals surface area contributed by atoms with Crippen molar-refractivity contribution in [1.29, 1.82) is 0 Å². The van der Waals surface area contributed by atoms with Gasteiger partial charge in [0.25, 0.3) is 5.91 Å². The second-order valence-corrected chi connectivity index (χ2v) is 7.10. The van der Waals surface area contributed by atoms with Crippen molar-refractivity contribution in [2.75, 3.05) is 6.61 Å². The first-order valence-electron chi connectivity index (χ1n) is 7.19. The largest absolute Gasteiger partial charge is 0.456 e. The summed E-state index contributed by atoms with van der Waals surface area (Å²) in [4.78, 5) is 35.4. The van der Waals surface area contributed by atoms with E-state index in [4.69, 9.17) is 16.3 Å². The Morgan fingerprint density at radius 2 is 2.09 bits per heavy atom. The van der Waals surface area contributed by atoms with Crippen LogP contribution in [0.3, 0.4) is 0 Å². The molecule has 7 heteroatoms. The lowest BCUT2D eigenvalue weighted by molar-refractivity contribution is -0.148. The highest BCUT2D eigenvalue weighted by atomic mass is 35.5. The number of ether oxygens (including phenoxy) is 1. The first kappa shape index (κ1) is 17.0. The van der Waals surface area contributed by atoms with Crippen LogP contribution in [0.4, 0.5) is 0 Å². The van der Waals surface area contributed by atoms with E-state index in [2.05, 4.69) is 5.32 Å². The predicted molar refractivity (Wildman–Crippen MR) is 84.2 cm³/mol. The standard InChI is InChI=1S/C15H18ClNO4S/c1-9(10-2-3-10)17-14(19)8-21-15(20)7-4-11(18)12-5-6-13(16)22-12/h5-6,9-10H,2-4,7-8H2,1H3,(H,17,19)/t9-/m1/s1. The van der Waals surface area contributed by atoms with E-state index in [0.717, 1.165) is 12.8 Å². The number of halogens is 1. The van der Waals surface area contributed by atoms with E-state index in [-0.39, 0.29) is 37.2 Å². The molecule has 0 radical (unpaired) electrons. The highest BCUT2D eigenvalue weighted by Crippen LogP contribution is 2.32. The Hall–Kier alpha value is -1.40. The number of ketones is 1. The lowest BCUT2D eigenvalue weighted by Crippen LogP contribution is -2.37. The van der Waals surface area contributed by atoms with Crippen molar-refractivity contribution in [2.24, 2.45) is 5.92 Å². The molecule has 0 bridgehead atoms. The molecule has 0 aliphatic heterocycles. The van der Waals surface area contributed by atoms with E-state index in [9.17, 15) is 14.4 Å². The Kier molecular flexibility index (Phi) is 5.97. The minimum Gasteiger partial charge on any atom is -0.456 e. The number of amides is 1. The molecule has 5 nitrogen and oxygen atoms in total. The number of Topliss-reactive ketones (excluding diaryl/α,β-unsaturated/α-hetero) is 1. The number of hydrogen-bond donors (Lipinski definition) is 1. The van der Waals surface area contributed by atoms with Gasteiger partial charge < -0.3 is 10.1 Å². The van der Waals surface area contributed by atoms with Gasteiger partial charge in [-0.2, -0.15) is 0 Å². The average molecular weight is 344 g/mol. The number of hydrogen-bond acceptors (Lipinski definition) is 5. The zero-order valence-electron chi connectivity index (χ0n) is 12.3. The van der Waals surface area contributed by atoms with Gasteiger partial charge in [-0.1, -0.05) is 11.6 Å². The fraction of sp³-hybridized carbons (Fsp3) is 0.533. The third kappa shape index (κ3) is 5.42. The monoisotopic (exact) mass is 343 g/mol. The van der Waals surface area contributed by atoms with Crippen LogP contribution in [0.25, 0.3) is 0 Å². The first-order chi connectivity index (χ1) is 10.5. The van der Waals surface area contributed by atoms with Crippen LogP contribution in [0.15, 0.2) is 12.1 Å².